The third kappa shape index (κ3) is 3.78. The molecule has 1 saturated heterocycles. The van der Waals surface area contributed by atoms with Crippen LogP contribution in [0.2, 0.25) is 0 Å². The number of carbonyl (C=O) groups excluding carboxylic acids is 2. The van der Waals surface area contributed by atoms with Crippen LogP contribution in [0.4, 0.5) is 11.5 Å². The molecule has 1 aliphatic rings. The van der Waals surface area contributed by atoms with Gasteiger partial charge in [-0.1, -0.05) is 18.2 Å². The first kappa shape index (κ1) is 18.7. The predicted octanol–water partition coefficient (Wildman–Crippen LogP) is 1.50. The molecular formula is C21H18N8O2. The molecule has 154 valence electrons. The number of para-hydroxylation sites is 1. The zero-order valence-electron chi connectivity index (χ0n) is 16.4. The highest BCUT2D eigenvalue weighted by Crippen LogP contribution is 2.20. The van der Waals surface area contributed by atoms with Crippen molar-refractivity contribution < 1.29 is 9.59 Å². The molecule has 1 aromatic carbocycles. The lowest BCUT2D eigenvalue weighted by Crippen LogP contribution is -2.49. The largest absolute Gasteiger partial charge is 0.353 e. The molecule has 31 heavy (non-hydrogen) atoms. The maximum Gasteiger partial charge on any atom is 0.254 e. The van der Waals surface area contributed by atoms with Gasteiger partial charge in [-0.15, -0.1) is 15.3 Å². The molecule has 0 saturated carbocycles. The standard InChI is InChI=1S/C21H18N8O2/c30-19-13-28(11-10-23-19)21(31)14-8-9-22-16(12-14)20-26-25-18-7-6-17(27-29(18)20)24-15-4-2-1-3-5-15/h1-9,12H,10-11,13H2,(H,23,30)(H,24,27). The van der Waals surface area contributed by atoms with Gasteiger partial charge in [-0.2, -0.15) is 4.52 Å². The Morgan fingerprint density at radius 1 is 1.06 bits per heavy atom. The molecule has 0 unspecified atom stereocenters. The Balaban J connectivity index is 1.46. The van der Waals surface area contributed by atoms with Crippen molar-refractivity contribution >= 4 is 29.0 Å². The van der Waals surface area contributed by atoms with Gasteiger partial charge in [0, 0.05) is 30.5 Å². The Bertz CT molecular complexity index is 1270. The van der Waals surface area contributed by atoms with Gasteiger partial charge in [-0.05, 0) is 36.4 Å². The summed E-state index contributed by atoms with van der Waals surface area (Å²) in [4.78, 5) is 30.3. The molecule has 10 heteroatoms. The molecule has 0 atom stereocenters. The summed E-state index contributed by atoms with van der Waals surface area (Å²) in [6.07, 6.45) is 1.54. The van der Waals surface area contributed by atoms with Crippen LogP contribution in [0.5, 0.6) is 0 Å². The normalized spacial score (nSPS) is 13.8. The maximum absolute atomic E-state index is 12.8. The highest BCUT2D eigenvalue weighted by molar-refractivity contribution is 5.97. The fourth-order valence-corrected chi connectivity index (χ4v) is 3.37. The smallest absolute Gasteiger partial charge is 0.254 e. The molecule has 0 radical (unpaired) electrons. The van der Waals surface area contributed by atoms with Crippen molar-refractivity contribution in [1.82, 2.24) is 35.0 Å². The summed E-state index contributed by atoms with van der Waals surface area (Å²) in [5.41, 5.74) is 2.35. The van der Waals surface area contributed by atoms with Gasteiger partial charge in [-0.25, -0.2) is 0 Å². The fraction of sp³-hybridized carbons (Fsp3) is 0.143. The van der Waals surface area contributed by atoms with Crippen molar-refractivity contribution in [3.8, 4) is 11.5 Å². The van der Waals surface area contributed by atoms with E-state index in [2.05, 4.69) is 30.9 Å². The van der Waals surface area contributed by atoms with Gasteiger partial charge in [0.2, 0.25) is 11.7 Å². The Morgan fingerprint density at radius 3 is 2.77 bits per heavy atom. The number of nitrogens with one attached hydrogen (secondary N) is 2. The second kappa shape index (κ2) is 7.82. The number of pyridine rings is 1. The molecule has 4 heterocycles. The molecule has 3 aromatic heterocycles. The Hall–Kier alpha value is -4.34. The molecule has 10 nitrogen and oxygen atoms in total. The van der Waals surface area contributed by atoms with Crippen LogP contribution in [0.25, 0.3) is 17.2 Å². The van der Waals surface area contributed by atoms with Crippen molar-refractivity contribution in [1.29, 1.82) is 0 Å². The van der Waals surface area contributed by atoms with E-state index < -0.39 is 0 Å². The summed E-state index contributed by atoms with van der Waals surface area (Å²) in [5, 5.41) is 18.9. The van der Waals surface area contributed by atoms with Crippen LogP contribution in [-0.4, -0.2) is 61.1 Å². The Kier molecular flexibility index (Phi) is 4.71. The number of hydrogen-bond donors (Lipinski definition) is 2. The highest BCUT2D eigenvalue weighted by Gasteiger charge is 2.23. The number of hydrogen-bond acceptors (Lipinski definition) is 7. The summed E-state index contributed by atoms with van der Waals surface area (Å²) >= 11 is 0. The molecule has 2 N–H and O–H groups in total. The second-order valence-electron chi connectivity index (χ2n) is 7.01. The highest BCUT2D eigenvalue weighted by atomic mass is 16.2. The summed E-state index contributed by atoms with van der Waals surface area (Å²) in [7, 11) is 0. The van der Waals surface area contributed by atoms with Crippen molar-refractivity contribution in [2.75, 3.05) is 25.0 Å². The van der Waals surface area contributed by atoms with E-state index >= 15 is 0 Å². The van der Waals surface area contributed by atoms with E-state index in [0.717, 1.165) is 5.69 Å². The molecule has 5 rings (SSSR count). The minimum Gasteiger partial charge on any atom is -0.353 e. The molecule has 4 aromatic rings. The van der Waals surface area contributed by atoms with Crippen molar-refractivity contribution in [2.24, 2.45) is 0 Å². The van der Waals surface area contributed by atoms with E-state index in [-0.39, 0.29) is 18.4 Å². The van der Waals surface area contributed by atoms with E-state index in [9.17, 15) is 9.59 Å². The summed E-state index contributed by atoms with van der Waals surface area (Å²) in [6, 6.07) is 16.6. The molecule has 0 bridgehead atoms. The number of amides is 2. The average Bonchev–Trinajstić information content (AvgIpc) is 3.23. The molecule has 1 aliphatic heterocycles. The lowest BCUT2D eigenvalue weighted by molar-refractivity contribution is -0.123. The van der Waals surface area contributed by atoms with Gasteiger partial charge >= 0.3 is 0 Å². The molecule has 1 fully saturated rings. The first-order valence-corrected chi connectivity index (χ1v) is 9.74. The topological polar surface area (TPSA) is 117 Å². The van der Waals surface area contributed by atoms with E-state index in [1.165, 1.54) is 4.90 Å². The summed E-state index contributed by atoms with van der Waals surface area (Å²) in [6.45, 7) is 0.949. The van der Waals surface area contributed by atoms with Crippen molar-refractivity contribution in [3.63, 3.8) is 0 Å². The van der Waals surface area contributed by atoms with E-state index in [1.807, 2.05) is 36.4 Å². The Labute approximate surface area is 176 Å². The van der Waals surface area contributed by atoms with Crippen LogP contribution in [0.15, 0.2) is 60.8 Å². The van der Waals surface area contributed by atoms with Crippen LogP contribution >= 0.6 is 0 Å². The van der Waals surface area contributed by atoms with Gasteiger partial charge in [-0.3, -0.25) is 14.6 Å². The first-order chi connectivity index (χ1) is 15.2. The number of benzene rings is 1. The summed E-state index contributed by atoms with van der Waals surface area (Å²) < 4.78 is 1.58. The monoisotopic (exact) mass is 414 g/mol. The zero-order valence-corrected chi connectivity index (χ0v) is 16.4. The van der Waals surface area contributed by atoms with Crippen LogP contribution in [0.1, 0.15) is 10.4 Å². The van der Waals surface area contributed by atoms with E-state index in [1.54, 1.807) is 28.9 Å². The van der Waals surface area contributed by atoms with Gasteiger partial charge in [0.1, 0.15) is 5.69 Å². The van der Waals surface area contributed by atoms with E-state index in [0.29, 0.717) is 41.6 Å². The number of nitrogens with zero attached hydrogens (tertiary/aromatic N) is 6. The van der Waals surface area contributed by atoms with Gasteiger partial charge in [0.15, 0.2) is 11.5 Å². The maximum atomic E-state index is 12.8. The molecular weight excluding hydrogens is 396 g/mol. The number of fused-ring (bicyclic) bond motifs is 1. The van der Waals surface area contributed by atoms with Crippen molar-refractivity contribution in [3.05, 3.63) is 66.4 Å². The molecule has 0 aliphatic carbocycles. The third-order valence-electron chi connectivity index (χ3n) is 4.87. The fourth-order valence-electron chi connectivity index (χ4n) is 3.37. The summed E-state index contributed by atoms with van der Waals surface area (Å²) in [5.74, 6) is 0.635. The SMILES string of the molecule is O=C1CN(C(=O)c2ccnc(-c3nnc4ccc(Nc5ccccc5)nn34)c2)CCN1. The number of aromatic nitrogens is 5. The lowest BCUT2D eigenvalue weighted by atomic mass is 10.2. The lowest BCUT2D eigenvalue weighted by Gasteiger charge is -2.26. The minimum absolute atomic E-state index is 0.0421. The average molecular weight is 414 g/mol. The zero-order chi connectivity index (χ0) is 21.2. The molecule has 0 spiro atoms. The van der Waals surface area contributed by atoms with Crippen LogP contribution < -0.4 is 10.6 Å². The number of carbonyl (C=O) groups is 2. The number of piperazine rings is 1. The first-order valence-electron chi connectivity index (χ1n) is 9.74. The van der Waals surface area contributed by atoms with E-state index in [4.69, 9.17) is 0 Å². The predicted molar refractivity (Wildman–Crippen MR) is 113 cm³/mol. The molecule has 2 amide bonds. The third-order valence-corrected chi connectivity index (χ3v) is 4.87. The number of anilines is 2. The minimum atomic E-state index is -0.230. The number of rotatable bonds is 4. The quantitative estimate of drug-likeness (QED) is 0.520. The van der Waals surface area contributed by atoms with Crippen LogP contribution in [0.3, 0.4) is 0 Å². The van der Waals surface area contributed by atoms with Gasteiger partial charge in [0.25, 0.3) is 5.91 Å². The second-order valence-corrected chi connectivity index (χ2v) is 7.01. The van der Waals surface area contributed by atoms with Crippen molar-refractivity contribution in [2.45, 2.75) is 0 Å². The Morgan fingerprint density at radius 2 is 1.94 bits per heavy atom. The van der Waals surface area contributed by atoms with Gasteiger partial charge < -0.3 is 15.5 Å². The van der Waals surface area contributed by atoms with Crippen LogP contribution in [-0.2, 0) is 4.79 Å². The van der Waals surface area contributed by atoms with Crippen LogP contribution in [0, 0.1) is 0 Å². The van der Waals surface area contributed by atoms with Gasteiger partial charge in [0.05, 0.1) is 6.54 Å².